The third-order valence-corrected chi connectivity index (χ3v) is 6.95. The third kappa shape index (κ3) is 7.36. The number of anilines is 1. The van der Waals surface area contributed by atoms with Gasteiger partial charge < -0.3 is 14.4 Å². The van der Waals surface area contributed by atoms with Gasteiger partial charge in [-0.05, 0) is 51.8 Å². The quantitative estimate of drug-likeness (QED) is 0.188. The summed E-state index contributed by atoms with van der Waals surface area (Å²) in [6.45, 7) is 14.0. The monoisotopic (exact) mass is 520 g/mol. The number of hydrogen-bond acceptors (Lipinski definition) is 5. The topological polar surface area (TPSA) is 51.7 Å². The van der Waals surface area contributed by atoms with Gasteiger partial charge in [0.1, 0.15) is 19.5 Å². The van der Waals surface area contributed by atoms with Crippen LogP contribution in [0.25, 0.3) is 10.9 Å². The van der Waals surface area contributed by atoms with E-state index in [0.29, 0.717) is 28.8 Å². The molecule has 184 valence electrons. The van der Waals surface area contributed by atoms with Gasteiger partial charge in [-0.25, -0.2) is 4.98 Å². The Bertz CT molecular complexity index is 1110. The second kappa shape index (κ2) is 10.9. The number of carbonyl (C=O) groups is 1. The van der Waals surface area contributed by atoms with Crippen molar-refractivity contribution in [2.75, 3.05) is 24.7 Å². The number of nitrogens with zero attached hydrogens (tertiary/aromatic N) is 2. The van der Waals surface area contributed by atoms with Gasteiger partial charge in [-0.15, -0.1) is 5.54 Å². The minimum Gasteiger partial charge on any atom is -0.460 e. The van der Waals surface area contributed by atoms with Crippen molar-refractivity contribution >= 4 is 54.0 Å². The molecule has 1 saturated heterocycles. The highest BCUT2D eigenvalue weighted by atomic mass is 35.5. The lowest BCUT2D eigenvalue weighted by Gasteiger charge is -2.26. The fourth-order valence-electron chi connectivity index (χ4n) is 3.80. The highest BCUT2D eigenvalue weighted by molar-refractivity contribution is 6.83. The van der Waals surface area contributed by atoms with Crippen LogP contribution < -0.4 is 4.90 Å². The van der Waals surface area contributed by atoms with E-state index in [1.54, 1.807) is 6.07 Å². The average Bonchev–Trinajstić information content (AvgIpc) is 3.19. The van der Waals surface area contributed by atoms with E-state index in [4.69, 9.17) is 37.7 Å². The summed E-state index contributed by atoms with van der Waals surface area (Å²) in [5, 5.41) is 1.83. The second-order valence-electron chi connectivity index (χ2n) is 10.7. The summed E-state index contributed by atoms with van der Waals surface area (Å²) in [6, 6.07) is 5.96. The molecular formula is C26H34Cl2N2O3Si. The number of fused-ring (bicyclic) bond motifs is 1. The molecule has 0 amide bonds. The average molecular weight is 522 g/mol. The summed E-state index contributed by atoms with van der Waals surface area (Å²) < 4.78 is 11.2. The van der Waals surface area contributed by atoms with Crippen LogP contribution in [0, 0.1) is 11.5 Å². The Hall–Kier alpha value is -1.78. The van der Waals surface area contributed by atoms with Gasteiger partial charge in [-0.3, -0.25) is 4.79 Å². The van der Waals surface area contributed by atoms with Crippen LogP contribution in [0.1, 0.15) is 45.6 Å². The first kappa shape index (κ1) is 26.8. The van der Waals surface area contributed by atoms with Crippen LogP contribution >= 0.6 is 23.2 Å². The first-order valence-corrected chi connectivity index (χ1v) is 16.0. The molecule has 0 radical (unpaired) electrons. The molecule has 1 aliphatic heterocycles. The second-order valence-corrected chi connectivity index (χ2v) is 16.2. The van der Waals surface area contributed by atoms with Gasteiger partial charge in [0.25, 0.3) is 0 Å². The maximum Gasteiger partial charge on any atom is 0.308 e. The van der Waals surface area contributed by atoms with Crippen LogP contribution in [0.3, 0.4) is 0 Å². The third-order valence-electron chi connectivity index (χ3n) is 5.28. The molecule has 0 unspecified atom stereocenters. The molecule has 8 heteroatoms. The van der Waals surface area contributed by atoms with Gasteiger partial charge in [0, 0.05) is 17.5 Å². The normalized spacial score (nSPS) is 16.5. The molecule has 0 saturated carbocycles. The molecule has 2 heterocycles. The lowest BCUT2D eigenvalue weighted by atomic mass is 10.1. The lowest BCUT2D eigenvalue weighted by molar-refractivity contribution is -0.156. The molecule has 0 N–H and O–H groups in total. The summed E-state index contributed by atoms with van der Waals surface area (Å²) in [5.74, 6) is 3.98. The van der Waals surface area contributed by atoms with Crippen molar-refractivity contribution in [1.82, 2.24) is 4.98 Å². The predicted molar refractivity (Wildman–Crippen MR) is 144 cm³/mol. The predicted octanol–water partition coefficient (Wildman–Crippen LogP) is 6.49. The first-order chi connectivity index (χ1) is 15.8. The Balaban J connectivity index is 1.80. The van der Waals surface area contributed by atoms with Gasteiger partial charge in [0.2, 0.25) is 0 Å². The van der Waals surface area contributed by atoms with E-state index in [9.17, 15) is 4.79 Å². The van der Waals surface area contributed by atoms with E-state index in [1.165, 1.54) is 0 Å². The van der Waals surface area contributed by atoms with Gasteiger partial charge >= 0.3 is 5.97 Å². The van der Waals surface area contributed by atoms with Crippen LogP contribution in [0.2, 0.25) is 29.7 Å². The fraction of sp³-hybridized carbons (Fsp3) is 0.538. The molecule has 0 bridgehead atoms. The molecule has 1 aromatic heterocycles. The maximum atomic E-state index is 11.9. The highest BCUT2D eigenvalue weighted by Crippen LogP contribution is 2.34. The summed E-state index contributed by atoms with van der Waals surface area (Å²) in [5.41, 5.74) is 4.56. The van der Waals surface area contributed by atoms with Gasteiger partial charge in [0.05, 0.1) is 41.2 Å². The molecular weight excluding hydrogens is 487 g/mol. The zero-order valence-electron chi connectivity index (χ0n) is 20.9. The Morgan fingerprint density at radius 1 is 1.26 bits per heavy atom. The Morgan fingerprint density at radius 2 is 2.00 bits per heavy atom. The van der Waals surface area contributed by atoms with Crippen molar-refractivity contribution < 1.29 is 14.3 Å². The standard InChI is InChI=1S/C26H34Cl2N2O3Si/c1-26(2,3)33-23(31)11-14-32-17-19-8-7-13-30(19)22-16-18(12-15-34(4,5)6)20-9-10-21(27)24(28)25(20)29-22/h9-10,16,19H,7-8,11,13-14,17H2,1-6H3/t19-/m0/s1. The van der Waals surface area contributed by atoms with Crippen molar-refractivity contribution in [3.63, 3.8) is 0 Å². The minimum absolute atomic E-state index is 0.166. The van der Waals surface area contributed by atoms with Crippen molar-refractivity contribution in [1.29, 1.82) is 0 Å². The summed E-state index contributed by atoms with van der Waals surface area (Å²) in [7, 11) is -1.57. The van der Waals surface area contributed by atoms with E-state index in [1.807, 2.05) is 26.8 Å². The number of halogens is 2. The molecule has 1 atom stereocenters. The van der Waals surface area contributed by atoms with Crippen molar-refractivity contribution in [3.05, 3.63) is 33.8 Å². The van der Waals surface area contributed by atoms with Crippen LogP contribution in [0.15, 0.2) is 18.2 Å². The summed E-state index contributed by atoms with van der Waals surface area (Å²) in [6.07, 6.45) is 2.27. The molecule has 0 spiro atoms. The number of ether oxygens (including phenoxy) is 2. The minimum atomic E-state index is -1.57. The number of hydrogen-bond donors (Lipinski definition) is 0. The summed E-state index contributed by atoms with van der Waals surface area (Å²) >= 11 is 12.9. The van der Waals surface area contributed by atoms with E-state index < -0.39 is 13.7 Å². The molecule has 0 aliphatic carbocycles. The molecule has 3 rings (SSSR count). The maximum absolute atomic E-state index is 11.9. The molecule has 34 heavy (non-hydrogen) atoms. The number of pyridine rings is 1. The summed E-state index contributed by atoms with van der Waals surface area (Å²) in [4.78, 5) is 19.1. The molecule has 5 nitrogen and oxygen atoms in total. The molecule has 2 aromatic rings. The van der Waals surface area contributed by atoms with Crippen molar-refractivity contribution in [2.24, 2.45) is 0 Å². The largest absolute Gasteiger partial charge is 0.460 e. The smallest absolute Gasteiger partial charge is 0.308 e. The van der Waals surface area contributed by atoms with E-state index >= 15 is 0 Å². The zero-order valence-corrected chi connectivity index (χ0v) is 23.4. The van der Waals surface area contributed by atoms with Gasteiger partial charge in [-0.2, -0.15) is 0 Å². The van der Waals surface area contributed by atoms with Crippen molar-refractivity contribution in [3.8, 4) is 11.5 Å². The molecule has 1 aromatic carbocycles. The zero-order chi connectivity index (χ0) is 25.1. The lowest BCUT2D eigenvalue weighted by Crippen LogP contribution is -2.34. The SMILES string of the molecule is CC(C)(C)OC(=O)CCOC[C@@H]1CCCN1c1cc(C#C[Si](C)(C)C)c2ccc(Cl)c(Cl)c2n1. The van der Waals surface area contributed by atoms with E-state index in [-0.39, 0.29) is 18.4 Å². The first-order valence-electron chi connectivity index (χ1n) is 11.7. The number of carbonyl (C=O) groups excluding carboxylic acids is 1. The number of aromatic nitrogens is 1. The Morgan fingerprint density at radius 3 is 2.68 bits per heavy atom. The number of benzene rings is 1. The van der Waals surface area contributed by atoms with E-state index in [2.05, 4.69) is 42.1 Å². The van der Waals surface area contributed by atoms with Crippen LogP contribution in [0.5, 0.6) is 0 Å². The van der Waals surface area contributed by atoms with Crippen LogP contribution in [0.4, 0.5) is 5.82 Å². The Labute approximate surface area is 214 Å². The van der Waals surface area contributed by atoms with Crippen LogP contribution in [-0.4, -0.2) is 50.4 Å². The van der Waals surface area contributed by atoms with Crippen molar-refractivity contribution in [2.45, 2.75) is 71.3 Å². The molecule has 1 fully saturated rings. The van der Waals surface area contributed by atoms with Crippen LogP contribution in [-0.2, 0) is 14.3 Å². The molecule has 1 aliphatic rings. The number of esters is 1. The van der Waals surface area contributed by atoms with Gasteiger partial charge in [-0.1, -0.05) is 48.8 Å². The van der Waals surface area contributed by atoms with E-state index in [0.717, 1.165) is 36.2 Å². The fourth-order valence-corrected chi connectivity index (χ4v) is 4.67. The van der Waals surface area contributed by atoms with Gasteiger partial charge in [0.15, 0.2) is 0 Å². The highest BCUT2D eigenvalue weighted by Gasteiger charge is 2.27. The number of rotatable bonds is 6. The Kier molecular flexibility index (Phi) is 8.57.